The van der Waals surface area contributed by atoms with Crippen LogP contribution in [0.25, 0.3) is 0 Å². The predicted molar refractivity (Wildman–Crippen MR) is 105 cm³/mol. The van der Waals surface area contributed by atoms with Crippen molar-refractivity contribution in [1.82, 2.24) is 15.0 Å². The van der Waals surface area contributed by atoms with Crippen LogP contribution in [0.2, 0.25) is 0 Å². The summed E-state index contributed by atoms with van der Waals surface area (Å²) in [5, 5.41) is 6.90. The molecule has 2 amide bonds. The molecule has 8 nitrogen and oxygen atoms in total. The number of carbonyl (C=O) groups is 1. The van der Waals surface area contributed by atoms with E-state index in [-0.39, 0.29) is 24.3 Å². The Balaban J connectivity index is 1.40. The maximum Gasteiger partial charge on any atom is 0.322 e. The van der Waals surface area contributed by atoms with Gasteiger partial charge in [-0.3, -0.25) is 0 Å². The summed E-state index contributed by atoms with van der Waals surface area (Å²) in [5.74, 6) is 1.64. The van der Waals surface area contributed by atoms with Crippen molar-refractivity contribution < 1.29 is 14.1 Å². The second-order valence-electron chi connectivity index (χ2n) is 7.72. The molecule has 0 aliphatic carbocycles. The molecule has 2 aliphatic heterocycles. The number of aryl methyl sites for hydroxylation is 1. The van der Waals surface area contributed by atoms with E-state index in [0.717, 1.165) is 43.2 Å². The van der Waals surface area contributed by atoms with Gasteiger partial charge in [0.25, 0.3) is 0 Å². The summed E-state index contributed by atoms with van der Waals surface area (Å²) in [6.07, 6.45) is 3.89. The number of morpholine rings is 1. The van der Waals surface area contributed by atoms with E-state index in [4.69, 9.17) is 9.26 Å². The van der Waals surface area contributed by atoms with Crippen molar-refractivity contribution in [2.75, 3.05) is 29.9 Å². The molecule has 2 aromatic heterocycles. The highest BCUT2D eigenvalue weighted by molar-refractivity contribution is 5.89. The van der Waals surface area contributed by atoms with E-state index in [9.17, 15) is 4.79 Å². The maximum atomic E-state index is 12.8. The van der Waals surface area contributed by atoms with Crippen LogP contribution in [0, 0.1) is 6.92 Å². The monoisotopic (exact) mass is 385 g/mol. The van der Waals surface area contributed by atoms with E-state index in [2.05, 4.69) is 34.2 Å². The average Bonchev–Trinajstić information content (AvgIpc) is 3.30. The Labute approximate surface area is 164 Å². The molecular weight excluding hydrogens is 358 g/mol. The number of carbonyl (C=O) groups excluding carboxylic acids is 1. The van der Waals surface area contributed by atoms with Crippen LogP contribution in [0.15, 0.2) is 28.9 Å². The molecule has 2 aliphatic rings. The molecule has 2 saturated heterocycles. The van der Waals surface area contributed by atoms with Gasteiger partial charge in [0.15, 0.2) is 5.76 Å². The number of hydrogen-bond acceptors (Lipinski definition) is 6. The second-order valence-corrected chi connectivity index (χ2v) is 7.72. The van der Waals surface area contributed by atoms with Crippen molar-refractivity contribution in [1.29, 1.82) is 0 Å². The number of anilines is 2. The zero-order valence-electron chi connectivity index (χ0n) is 16.6. The maximum absolute atomic E-state index is 12.8. The molecule has 3 atom stereocenters. The highest BCUT2D eigenvalue weighted by atomic mass is 16.5. The number of urea groups is 1. The van der Waals surface area contributed by atoms with Gasteiger partial charge in [0.2, 0.25) is 0 Å². The minimum atomic E-state index is -0.139. The number of hydrogen-bond donors (Lipinski definition) is 1. The summed E-state index contributed by atoms with van der Waals surface area (Å²) < 4.78 is 11.2. The van der Waals surface area contributed by atoms with Gasteiger partial charge in [-0.05, 0) is 45.7 Å². The summed E-state index contributed by atoms with van der Waals surface area (Å²) in [5.41, 5.74) is 1.51. The minimum Gasteiger partial charge on any atom is -0.372 e. The highest BCUT2D eigenvalue weighted by Gasteiger charge is 2.32. The molecule has 0 bridgehead atoms. The summed E-state index contributed by atoms with van der Waals surface area (Å²) in [7, 11) is 0. The van der Waals surface area contributed by atoms with Gasteiger partial charge in [0.05, 0.1) is 35.8 Å². The third-order valence-electron chi connectivity index (χ3n) is 5.23. The lowest BCUT2D eigenvalue weighted by Crippen LogP contribution is -2.45. The standard InChI is InChI=1S/C20H27N5O3/c1-13-9-18(28-23-13)17-5-4-8-25(17)20(26)22-16-6-7-19(21-10-16)24-11-14(2)27-15(3)12-24/h6-7,9-10,14-15,17H,4-5,8,11-12H2,1-3H3,(H,22,26)/t14-,15+,17-/m1/s1. The summed E-state index contributed by atoms with van der Waals surface area (Å²) in [6.45, 7) is 8.35. The average molecular weight is 385 g/mol. The first-order valence-corrected chi connectivity index (χ1v) is 9.87. The quantitative estimate of drug-likeness (QED) is 0.872. The van der Waals surface area contributed by atoms with E-state index in [1.165, 1.54) is 0 Å². The van der Waals surface area contributed by atoms with Crippen molar-refractivity contribution in [3.8, 4) is 0 Å². The fourth-order valence-electron chi connectivity index (χ4n) is 4.05. The van der Waals surface area contributed by atoms with Crippen molar-refractivity contribution >= 4 is 17.5 Å². The van der Waals surface area contributed by atoms with Gasteiger partial charge in [0.1, 0.15) is 5.82 Å². The van der Waals surface area contributed by atoms with Crippen LogP contribution in [0.3, 0.4) is 0 Å². The molecule has 2 aromatic rings. The molecule has 28 heavy (non-hydrogen) atoms. The molecule has 4 rings (SSSR count). The second kappa shape index (κ2) is 7.79. The lowest BCUT2D eigenvalue weighted by Gasteiger charge is -2.36. The number of pyridine rings is 1. The Kier molecular flexibility index (Phi) is 5.21. The molecule has 0 radical (unpaired) electrons. The number of nitrogens with zero attached hydrogens (tertiary/aromatic N) is 4. The van der Waals surface area contributed by atoms with E-state index >= 15 is 0 Å². The summed E-state index contributed by atoms with van der Waals surface area (Å²) in [4.78, 5) is 21.3. The van der Waals surface area contributed by atoms with Crippen LogP contribution >= 0.6 is 0 Å². The first kappa shape index (κ1) is 18.7. The van der Waals surface area contributed by atoms with Crippen LogP contribution in [0.4, 0.5) is 16.3 Å². The van der Waals surface area contributed by atoms with Gasteiger partial charge in [-0.1, -0.05) is 5.16 Å². The summed E-state index contributed by atoms with van der Waals surface area (Å²) >= 11 is 0. The van der Waals surface area contributed by atoms with Crippen molar-refractivity contribution in [2.45, 2.75) is 51.9 Å². The van der Waals surface area contributed by atoms with Crippen LogP contribution < -0.4 is 10.2 Å². The van der Waals surface area contributed by atoms with Gasteiger partial charge < -0.3 is 24.4 Å². The number of likely N-dealkylation sites (tertiary alicyclic amines) is 1. The van der Waals surface area contributed by atoms with E-state index in [1.807, 2.05) is 25.1 Å². The fraction of sp³-hybridized carbons (Fsp3) is 0.550. The Morgan fingerprint density at radius 2 is 2.04 bits per heavy atom. The number of amides is 2. The smallest absolute Gasteiger partial charge is 0.322 e. The number of ether oxygens (including phenoxy) is 1. The lowest BCUT2D eigenvalue weighted by atomic mass is 10.1. The van der Waals surface area contributed by atoms with E-state index in [1.54, 1.807) is 11.1 Å². The molecule has 0 unspecified atom stereocenters. The normalized spacial score (nSPS) is 25.2. The van der Waals surface area contributed by atoms with Crippen LogP contribution in [0.1, 0.15) is 44.2 Å². The molecule has 2 fully saturated rings. The fourth-order valence-corrected chi connectivity index (χ4v) is 4.05. The molecule has 4 heterocycles. The zero-order chi connectivity index (χ0) is 19.7. The number of nitrogens with one attached hydrogen (secondary N) is 1. The minimum absolute atomic E-state index is 0.0650. The third-order valence-corrected chi connectivity index (χ3v) is 5.23. The van der Waals surface area contributed by atoms with E-state index < -0.39 is 0 Å². The Morgan fingerprint density at radius 3 is 2.68 bits per heavy atom. The summed E-state index contributed by atoms with van der Waals surface area (Å²) in [6, 6.07) is 5.54. The predicted octanol–water partition coefficient (Wildman–Crippen LogP) is 3.36. The van der Waals surface area contributed by atoms with Crippen molar-refractivity contribution in [3.05, 3.63) is 35.9 Å². The molecular formula is C20H27N5O3. The Bertz CT molecular complexity index is 812. The van der Waals surface area contributed by atoms with Gasteiger partial charge >= 0.3 is 6.03 Å². The molecule has 0 aromatic carbocycles. The van der Waals surface area contributed by atoms with Crippen LogP contribution in [0.5, 0.6) is 0 Å². The van der Waals surface area contributed by atoms with Crippen molar-refractivity contribution in [3.63, 3.8) is 0 Å². The molecule has 1 N–H and O–H groups in total. The first-order valence-electron chi connectivity index (χ1n) is 9.87. The van der Waals surface area contributed by atoms with E-state index in [0.29, 0.717) is 12.2 Å². The number of aromatic nitrogens is 2. The van der Waals surface area contributed by atoms with Crippen LogP contribution in [-0.4, -0.2) is 52.9 Å². The van der Waals surface area contributed by atoms with Crippen LogP contribution in [-0.2, 0) is 4.74 Å². The zero-order valence-corrected chi connectivity index (χ0v) is 16.6. The molecule has 150 valence electrons. The largest absolute Gasteiger partial charge is 0.372 e. The van der Waals surface area contributed by atoms with Gasteiger partial charge in [-0.2, -0.15) is 0 Å². The molecule has 0 saturated carbocycles. The molecule has 8 heteroatoms. The lowest BCUT2D eigenvalue weighted by molar-refractivity contribution is -0.00545. The number of rotatable bonds is 3. The first-order chi connectivity index (χ1) is 13.5. The topological polar surface area (TPSA) is 83.7 Å². The third kappa shape index (κ3) is 3.96. The van der Waals surface area contributed by atoms with Gasteiger partial charge in [0, 0.05) is 25.7 Å². The Hall–Kier alpha value is -2.61. The van der Waals surface area contributed by atoms with Crippen molar-refractivity contribution in [2.24, 2.45) is 0 Å². The SMILES string of the molecule is Cc1cc([C@H]2CCCN2C(=O)Nc2ccc(N3C[C@@H](C)O[C@@H](C)C3)nc2)on1. The van der Waals surface area contributed by atoms with Gasteiger partial charge in [-0.25, -0.2) is 9.78 Å². The highest BCUT2D eigenvalue weighted by Crippen LogP contribution is 2.32. The van der Waals surface area contributed by atoms with Gasteiger partial charge in [-0.15, -0.1) is 0 Å². The Morgan fingerprint density at radius 1 is 1.25 bits per heavy atom. The molecule has 0 spiro atoms.